The number of rotatable bonds is 1. The number of hydrogen-bond acceptors (Lipinski definition) is 3. The summed E-state index contributed by atoms with van der Waals surface area (Å²) in [7, 11) is 0. The van der Waals surface area contributed by atoms with Gasteiger partial charge in [-0.15, -0.1) is 0 Å². The smallest absolute Gasteiger partial charge is 0.159 e. The molecule has 3 heteroatoms. The topological polar surface area (TPSA) is 54.4 Å². The molecule has 4 fully saturated rings. The Balaban J connectivity index is 1.56. The van der Waals surface area contributed by atoms with E-state index in [0.29, 0.717) is 29.3 Å². The van der Waals surface area contributed by atoms with E-state index in [-0.39, 0.29) is 34.7 Å². The molecule has 0 bridgehead atoms. The fourth-order valence-corrected chi connectivity index (χ4v) is 8.24. The van der Waals surface area contributed by atoms with Crippen LogP contribution in [0.5, 0.6) is 0 Å². The van der Waals surface area contributed by atoms with Gasteiger partial charge in [0.1, 0.15) is 5.78 Å². The van der Waals surface area contributed by atoms with Crippen LogP contribution in [0.4, 0.5) is 0 Å². The van der Waals surface area contributed by atoms with E-state index >= 15 is 0 Å². The highest BCUT2D eigenvalue weighted by Gasteiger charge is 2.68. The normalized spacial score (nSPS) is 56.2. The van der Waals surface area contributed by atoms with Crippen LogP contribution in [0.25, 0.3) is 0 Å². The Hall–Kier alpha value is -0.960. The first kappa shape index (κ1) is 16.2. The number of ketones is 2. The zero-order valence-electron chi connectivity index (χ0n) is 15.6. The van der Waals surface area contributed by atoms with Crippen LogP contribution in [-0.2, 0) is 9.59 Å². The molecule has 2 unspecified atom stereocenters. The Morgan fingerprint density at radius 3 is 2.68 bits per heavy atom. The lowest BCUT2D eigenvalue weighted by molar-refractivity contribution is -0.145. The van der Waals surface area contributed by atoms with E-state index in [9.17, 15) is 14.7 Å². The van der Waals surface area contributed by atoms with E-state index in [2.05, 4.69) is 13.8 Å². The zero-order chi connectivity index (χ0) is 17.7. The molecule has 0 aromatic carbocycles. The molecule has 0 heterocycles. The highest BCUT2D eigenvalue weighted by Crippen LogP contribution is 2.71. The predicted molar refractivity (Wildman–Crippen MR) is 94.6 cm³/mol. The molecule has 0 amide bonds. The number of carbonyl (C=O) groups is 2. The van der Waals surface area contributed by atoms with Gasteiger partial charge in [-0.2, -0.15) is 0 Å². The second-order valence-corrected chi connectivity index (χ2v) is 10.2. The summed E-state index contributed by atoms with van der Waals surface area (Å²) in [6.45, 7) is 6.35. The third-order valence-corrected chi connectivity index (χ3v) is 9.32. The van der Waals surface area contributed by atoms with Crippen molar-refractivity contribution in [2.75, 3.05) is 0 Å². The maximum atomic E-state index is 12.2. The Morgan fingerprint density at radius 1 is 1.20 bits per heavy atom. The zero-order valence-corrected chi connectivity index (χ0v) is 15.6. The molecule has 0 aliphatic heterocycles. The molecule has 4 saturated carbocycles. The average molecular weight is 342 g/mol. The number of allylic oxidation sites excluding steroid dienone is 1. The molecule has 136 valence electrons. The molecule has 1 N–H and O–H groups in total. The van der Waals surface area contributed by atoms with E-state index in [1.165, 1.54) is 5.57 Å². The molecule has 0 aromatic heterocycles. The van der Waals surface area contributed by atoms with Crippen molar-refractivity contribution < 1.29 is 14.7 Å². The molecular weight excluding hydrogens is 312 g/mol. The van der Waals surface area contributed by atoms with E-state index < -0.39 is 0 Å². The van der Waals surface area contributed by atoms with E-state index in [4.69, 9.17) is 0 Å². The minimum absolute atomic E-state index is 0.0105. The van der Waals surface area contributed by atoms with Crippen LogP contribution >= 0.6 is 0 Å². The Kier molecular flexibility index (Phi) is 3.15. The number of aliphatic hydroxyl groups excluding tert-OH is 1. The molecule has 5 rings (SSSR count). The summed E-state index contributed by atoms with van der Waals surface area (Å²) in [5, 5.41) is 11.3. The quantitative estimate of drug-likeness (QED) is 0.793. The molecule has 0 radical (unpaired) electrons. The van der Waals surface area contributed by atoms with Crippen molar-refractivity contribution in [3.63, 3.8) is 0 Å². The number of aliphatic hydroxyl groups is 1. The van der Waals surface area contributed by atoms with E-state index in [1.54, 1.807) is 6.92 Å². The SMILES string of the molecule is CC(=O)[C@H]1CC[C@H]2[C@@H]3CCC4=CC(=O)C5CC5[C@@]4(C)[C@@H]3[C@@H](O)C[C@]12C. The monoisotopic (exact) mass is 342 g/mol. The minimum Gasteiger partial charge on any atom is -0.393 e. The van der Waals surface area contributed by atoms with Crippen LogP contribution in [0.1, 0.15) is 59.3 Å². The Labute approximate surface area is 150 Å². The predicted octanol–water partition coefficient (Wildman–Crippen LogP) is 3.55. The summed E-state index contributed by atoms with van der Waals surface area (Å²) in [5.74, 6) is 2.79. The largest absolute Gasteiger partial charge is 0.393 e. The standard InChI is InChI=1S/C22H30O3/c1-11(23)15-6-7-16-13-5-4-12-8-18(24)14-9-17(14)22(12,3)20(13)19(25)10-21(15,16)2/h8,13-17,19-20,25H,4-7,9-10H2,1-3H3/t13-,14?,15+,16-,17?,19-,20-,21+,22-/m0/s1. The highest BCUT2D eigenvalue weighted by molar-refractivity contribution is 5.96. The maximum absolute atomic E-state index is 12.2. The lowest BCUT2D eigenvalue weighted by Crippen LogP contribution is -2.57. The van der Waals surface area contributed by atoms with Gasteiger partial charge in [0.25, 0.3) is 0 Å². The summed E-state index contributed by atoms with van der Waals surface area (Å²) < 4.78 is 0. The number of Topliss-reactive ketones (excluding diaryl/α,β-unsaturated/α-hetero) is 1. The van der Waals surface area contributed by atoms with Gasteiger partial charge in [0, 0.05) is 11.8 Å². The summed E-state index contributed by atoms with van der Waals surface area (Å²) in [5.41, 5.74) is 1.30. The van der Waals surface area contributed by atoms with E-state index in [0.717, 1.165) is 38.5 Å². The Morgan fingerprint density at radius 2 is 1.96 bits per heavy atom. The van der Waals surface area contributed by atoms with Gasteiger partial charge in [-0.1, -0.05) is 19.4 Å². The second-order valence-electron chi connectivity index (χ2n) is 10.2. The summed E-state index contributed by atoms with van der Waals surface area (Å²) >= 11 is 0. The van der Waals surface area contributed by atoms with Crippen molar-refractivity contribution in [2.24, 2.45) is 46.3 Å². The van der Waals surface area contributed by atoms with Crippen molar-refractivity contribution in [1.29, 1.82) is 0 Å². The van der Waals surface area contributed by atoms with Crippen LogP contribution in [0.2, 0.25) is 0 Å². The van der Waals surface area contributed by atoms with Gasteiger partial charge in [-0.3, -0.25) is 9.59 Å². The molecule has 0 aromatic rings. The molecular formula is C22H30O3. The highest BCUT2D eigenvalue weighted by atomic mass is 16.3. The molecule has 5 aliphatic carbocycles. The first-order valence-electron chi connectivity index (χ1n) is 10.2. The molecule has 9 atom stereocenters. The van der Waals surface area contributed by atoms with E-state index in [1.807, 2.05) is 6.08 Å². The summed E-state index contributed by atoms with van der Waals surface area (Å²) in [4.78, 5) is 24.5. The molecule has 0 spiro atoms. The van der Waals surface area contributed by atoms with Gasteiger partial charge >= 0.3 is 0 Å². The lowest BCUT2D eigenvalue weighted by Gasteiger charge is -2.60. The van der Waals surface area contributed by atoms with Crippen molar-refractivity contribution in [3.8, 4) is 0 Å². The van der Waals surface area contributed by atoms with Crippen LogP contribution < -0.4 is 0 Å². The molecule has 0 saturated heterocycles. The fraction of sp³-hybridized carbons (Fsp3) is 0.818. The molecule has 5 aliphatic rings. The molecule has 25 heavy (non-hydrogen) atoms. The molecule has 3 nitrogen and oxygen atoms in total. The van der Waals surface area contributed by atoms with Gasteiger partial charge in [0.05, 0.1) is 6.10 Å². The van der Waals surface area contributed by atoms with Crippen LogP contribution in [0.3, 0.4) is 0 Å². The van der Waals surface area contributed by atoms with Crippen LogP contribution in [0.15, 0.2) is 11.6 Å². The number of carbonyl (C=O) groups excluding carboxylic acids is 2. The second kappa shape index (κ2) is 4.85. The van der Waals surface area contributed by atoms with Gasteiger partial charge < -0.3 is 5.11 Å². The van der Waals surface area contributed by atoms with Gasteiger partial charge in [0.15, 0.2) is 5.78 Å². The first-order valence-corrected chi connectivity index (χ1v) is 10.2. The fourth-order valence-electron chi connectivity index (χ4n) is 8.24. The third-order valence-electron chi connectivity index (χ3n) is 9.32. The van der Waals surface area contributed by atoms with Gasteiger partial charge in [-0.25, -0.2) is 0 Å². The maximum Gasteiger partial charge on any atom is 0.159 e. The average Bonchev–Trinajstić information content (AvgIpc) is 3.26. The summed E-state index contributed by atoms with van der Waals surface area (Å²) in [6.07, 6.45) is 7.61. The lowest BCUT2D eigenvalue weighted by atomic mass is 9.45. The van der Waals surface area contributed by atoms with Crippen molar-refractivity contribution >= 4 is 11.6 Å². The number of fused-ring (bicyclic) bond motifs is 7. The van der Waals surface area contributed by atoms with Crippen molar-refractivity contribution in [2.45, 2.75) is 65.4 Å². The van der Waals surface area contributed by atoms with Crippen molar-refractivity contribution in [1.82, 2.24) is 0 Å². The third kappa shape index (κ3) is 1.86. The number of hydrogen-bond donors (Lipinski definition) is 1. The van der Waals surface area contributed by atoms with Gasteiger partial charge in [0.2, 0.25) is 0 Å². The summed E-state index contributed by atoms with van der Waals surface area (Å²) in [6, 6.07) is 0. The van der Waals surface area contributed by atoms with Crippen molar-refractivity contribution in [3.05, 3.63) is 11.6 Å². The van der Waals surface area contributed by atoms with Crippen LogP contribution in [0, 0.1) is 46.3 Å². The van der Waals surface area contributed by atoms with Gasteiger partial charge in [-0.05, 0) is 86.0 Å². The Bertz CT molecular complexity index is 693. The van der Waals surface area contributed by atoms with Crippen LogP contribution in [-0.4, -0.2) is 22.8 Å². The first-order chi connectivity index (χ1) is 11.8. The minimum atomic E-state index is -0.339.